The molecule has 0 unspecified atom stereocenters. The first kappa shape index (κ1) is 25.4. The number of carbonyl (C=O) groups is 2. The number of halogens is 1. The molecule has 154 valence electrons. The van der Waals surface area contributed by atoms with Gasteiger partial charge in [0.2, 0.25) is 5.91 Å². The third kappa shape index (κ3) is 14.1. The lowest BCUT2D eigenvalue weighted by Gasteiger charge is -2.13. The zero-order chi connectivity index (χ0) is 19.0. The van der Waals surface area contributed by atoms with Gasteiger partial charge in [-0.2, -0.15) is 0 Å². The molecule has 6 nitrogen and oxygen atoms in total. The van der Waals surface area contributed by atoms with Crippen LogP contribution in [0.5, 0.6) is 0 Å². The first-order valence-corrected chi connectivity index (χ1v) is 9.55. The van der Waals surface area contributed by atoms with E-state index in [0.717, 1.165) is 51.6 Å². The number of hydrogen-bond acceptors (Lipinski definition) is 4. The SMILES string of the molecule is Cl.O=C(O)CCN(O)C(=O)CCCCCCCCNCCc1ccccc1. The molecule has 1 aromatic carbocycles. The Balaban J connectivity index is 0.00000676. The standard InChI is InChI=1S/C20H32N2O4.ClH/c23-19(22(26)17-14-20(24)25)12-8-3-1-2-4-9-15-21-16-13-18-10-6-5-7-11-18;/h5-7,10-11,21,26H,1-4,8-9,12-17H2,(H,24,25);1H. The maximum atomic E-state index is 11.6. The zero-order valence-electron chi connectivity index (χ0n) is 15.9. The number of nitrogens with one attached hydrogen (secondary N) is 1. The van der Waals surface area contributed by atoms with E-state index in [1.165, 1.54) is 12.0 Å². The largest absolute Gasteiger partial charge is 0.481 e. The van der Waals surface area contributed by atoms with Crippen molar-refractivity contribution >= 4 is 24.3 Å². The second-order valence-electron chi connectivity index (χ2n) is 6.52. The van der Waals surface area contributed by atoms with Gasteiger partial charge in [0, 0.05) is 6.42 Å². The molecule has 0 atom stereocenters. The number of benzene rings is 1. The van der Waals surface area contributed by atoms with Gasteiger partial charge in [-0.3, -0.25) is 14.8 Å². The van der Waals surface area contributed by atoms with Gasteiger partial charge in [-0.1, -0.05) is 56.0 Å². The van der Waals surface area contributed by atoms with Gasteiger partial charge in [-0.25, -0.2) is 5.06 Å². The lowest BCUT2D eigenvalue weighted by atomic mass is 10.1. The third-order valence-electron chi connectivity index (χ3n) is 4.25. The van der Waals surface area contributed by atoms with E-state index in [2.05, 4.69) is 29.6 Å². The van der Waals surface area contributed by atoms with Crippen LogP contribution >= 0.6 is 12.4 Å². The van der Waals surface area contributed by atoms with Crippen molar-refractivity contribution in [3.05, 3.63) is 35.9 Å². The fourth-order valence-electron chi connectivity index (χ4n) is 2.69. The molecule has 1 aromatic rings. The van der Waals surface area contributed by atoms with Gasteiger partial charge in [0.15, 0.2) is 0 Å². The van der Waals surface area contributed by atoms with Crippen molar-refractivity contribution in [1.82, 2.24) is 10.4 Å². The molecule has 0 heterocycles. The number of carboxylic acids is 1. The molecule has 0 saturated heterocycles. The fourth-order valence-corrected chi connectivity index (χ4v) is 2.69. The van der Waals surface area contributed by atoms with E-state index in [4.69, 9.17) is 5.11 Å². The Hall–Kier alpha value is -1.63. The molecule has 0 saturated carbocycles. The van der Waals surface area contributed by atoms with Gasteiger partial charge in [-0.15, -0.1) is 12.4 Å². The Morgan fingerprint density at radius 3 is 2.19 bits per heavy atom. The molecule has 0 aromatic heterocycles. The van der Waals surface area contributed by atoms with Crippen molar-refractivity contribution in [3.8, 4) is 0 Å². The normalized spacial score (nSPS) is 10.3. The number of hydrogen-bond donors (Lipinski definition) is 3. The first-order chi connectivity index (χ1) is 12.6. The highest BCUT2D eigenvalue weighted by Crippen LogP contribution is 2.08. The number of carboxylic acid groups (broad SMARTS) is 1. The number of nitrogens with zero attached hydrogens (tertiary/aromatic N) is 1. The second kappa shape index (κ2) is 16.5. The summed E-state index contributed by atoms with van der Waals surface area (Å²) in [6.45, 7) is 1.89. The number of rotatable bonds is 15. The minimum atomic E-state index is -1.02. The molecule has 1 amide bonds. The molecule has 3 N–H and O–H groups in total. The van der Waals surface area contributed by atoms with E-state index in [1.54, 1.807) is 0 Å². The highest BCUT2D eigenvalue weighted by molar-refractivity contribution is 5.85. The Morgan fingerprint density at radius 1 is 0.889 bits per heavy atom. The number of hydroxylamine groups is 2. The van der Waals surface area contributed by atoms with Gasteiger partial charge >= 0.3 is 5.97 Å². The van der Waals surface area contributed by atoms with Gasteiger partial charge in [0.1, 0.15) is 0 Å². The van der Waals surface area contributed by atoms with Crippen LogP contribution in [0.2, 0.25) is 0 Å². The van der Waals surface area contributed by atoms with Crippen LogP contribution < -0.4 is 5.32 Å². The molecule has 1 rings (SSSR count). The van der Waals surface area contributed by atoms with E-state index in [9.17, 15) is 14.8 Å². The average molecular weight is 401 g/mol. The quantitative estimate of drug-likeness (QED) is 0.237. The van der Waals surface area contributed by atoms with Crippen LogP contribution in [0.25, 0.3) is 0 Å². The van der Waals surface area contributed by atoms with Crippen molar-refractivity contribution in [2.45, 2.75) is 57.8 Å². The summed E-state index contributed by atoms with van der Waals surface area (Å²) in [7, 11) is 0. The van der Waals surface area contributed by atoms with Gasteiger partial charge < -0.3 is 10.4 Å². The number of aliphatic carboxylic acids is 1. The van der Waals surface area contributed by atoms with Crippen LogP contribution in [0.3, 0.4) is 0 Å². The van der Waals surface area contributed by atoms with Crippen LogP contribution in [-0.2, 0) is 16.0 Å². The Kier molecular flexibility index (Phi) is 15.5. The van der Waals surface area contributed by atoms with Gasteiger partial charge in [0.05, 0.1) is 13.0 Å². The summed E-state index contributed by atoms with van der Waals surface area (Å²) in [5.74, 6) is -1.42. The number of carbonyl (C=O) groups excluding carboxylic acids is 1. The summed E-state index contributed by atoms with van der Waals surface area (Å²) in [6.07, 6.45) is 7.36. The Morgan fingerprint density at radius 2 is 1.52 bits per heavy atom. The van der Waals surface area contributed by atoms with Crippen molar-refractivity contribution in [2.75, 3.05) is 19.6 Å². The Bertz CT molecular complexity index is 514. The maximum absolute atomic E-state index is 11.6. The predicted molar refractivity (Wildman–Crippen MR) is 108 cm³/mol. The minimum Gasteiger partial charge on any atom is -0.481 e. The summed E-state index contributed by atoms with van der Waals surface area (Å²) in [6, 6.07) is 10.5. The van der Waals surface area contributed by atoms with E-state index in [1.807, 2.05) is 6.07 Å². The topological polar surface area (TPSA) is 89.9 Å². The molecular formula is C20H33ClN2O4. The molecule has 0 aliphatic carbocycles. The minimum absolute atomic E-state index is 0. The second-order valence-corrected chi connectivity index (χ2v) is 6.52. The van der Waals surface area contributed by atoms with Crippen LogP contribution in [0.1, 0.15) is 56.9 Å². The van der Waals surface area contributed by atoms with E-state index >= 15 is 0 Å². The van der Waals surface area contributed by atoms with E-state index in [-0.39, 0.29) is 31.8 Å². The molecule has 0 bridgehead atoms. The van der Waals surface area contributed by atoms with Crippen molar-refractivity contribution in [2.24, 2.45) is 0 Å². The van der Waals surface area contributed by atoms with E-state index in [0.29, 0.717) is 5.06 Å². The summed E-state index contributed by atoms with van der Waals surface area (Å²) in [4.78, 5) is 21.9. The summed E-state index contributed by atoms with van der Waals surface area (Å²) in [5.41, 5.74) is 1.36. The van der Waals surface area contributed by atoms with Crippen LogP contribution in [-0.4, -0.2) is 46.9 Å². The van der Waals surface area contributed by atoms with Crippen LogP contribution in [0.15, 0.2) is 30.3 Å². The zero-order valence-corrected chi connectivity index (χ0v) is 16.8. The first-order valence-electron chi connectivity index (χ1n) is 9.55. The van der Waals surface area contributed by atoms with Crippen molar-refractivity contribution < 1.29 is 19.9 Å². The number of unbranched alkanes of at least 4 members (excludes halogenated alkanes) is 5. The molecule has 7 heteroatoms. The third-order valence-corrected chi connectivity index (χ3v) is 4.25. The monoisotopic (exact) mass is 400 g/mol. The molecule has 27 heavy (non-hydrogen) atoms. The summed E-state index contributed by atoms with van der Waals surface area (Å²) >= 11 is 0. The summed E-state index contributed by atoms with van der Waals surface area (Å²) < 4.78 is 0. The molecular weight excluding hydrogens is 368 g/mol. The summed E-state index contributed by atoms with van der Waals surface area (Å²) in [5, 5.41) is 21.9. The molecule has 0 aliphatic rings. The van der Waals surface area contributed by atoms with E-state index < -0.39 is 11.9 Å². The van der Waals surface area contributed by atoms with Crippen molar-refractivity contribution in [1.29, 1.82) is 0 Å². The van der Waals surface area contributed by atoms with Crippen LogP contribution in [0.4, 0.5) is 0 Å². The van der Waals surface area contributed by atoms with Crippen molar-refractivity contribution in [3.63, 3.8) is 0 Å². The smallest absolute Gasteiger partial charge is 0.305 e. The Labute approximate surface area is 168 Å². The molecule has 0 spiro atoms. The fraction of sp³-hybridized carbons (Fsp3) is 0.600. The lowest BCUT2D eigenvalue weighted by molar-refractivity contribution is -0.167. The molecule has 0 fully saturated rings. The highest BCUT2D eigenvalue weighted by atomic mass is 35.5. The van der Waals surface area contributed by atoms with Gasteiger partial charge in [0.25, 0.3) is 0 Å². The highest BCUT2D eigenvalue weighted by Gasteiger charge is 2.11. The van der Waals surface area contributed by atoms with Crippen LogP contribution in [0, 0.1) is 0 Å². The lowest BCUT2D eigenvalue weighted by Crippen LogP contribution is -2.29. The maximum Gasteiger partial charge on any atom is 0.305 e. The predicted octanol–water partition coefficient (Wildman–Crippen LogP) is 3.66. The number of amides is 1. The molecule has 0 radical (unpaired) electrons. The molecule has 0 aliphatic heterocycles. The average Bonchev–Trinajstić information content (AvgIpc) is 2.64. The van der Waals surface area contributed by atoms with Gasteiger partial charge in [-0.05, 0) is 37.9 Å².